The van der Waals surface area contributed by atoms with Crippen molar-refractivity contribution in [1.29, 1.82) is 0 Å². The maximum absolute atomic E-state index is 12.9. The molecule has 1 aromatic carbocycles. The maximum atomic E-state index is 12.9. The smallest absolute Gasteiger partial charge is 0.270 e. The number of rotatable bonds is 4. The molecule has 0 bridgehead atoms. The van der Waals surface area contributed by atoms with Gasteiger partial charge in [-0.2, -0.15) is 5.10 Å². The normalized spacial score (nSPS) is 14.4. The van der Waals surface area contributed by atoms with Crippen LogP contribution < -0.4 is 10.1 Å². The van der Waals surface area contributed by atoms with Gasteiger partial charge >= 0.3 is 0 Å². The molecule has 0 aliphatic heterocycles. The van der Waals surface area contributed by atoms with Crippen molar-refractivity contribution in [3.05, 3.63) is 47.8 Å². The van der Waals surface area contributed by atoms with Gasteiger partial charge in [0.2, 0.25) is 0 Å². The van der Waals surface area contributed by atoms with Crippen LogP contribution in [0.5, 0.6) is 5.75 Å². The molecule has 2 aromatic heterocycles. The minimum absolute atomic E-state index is 0.113. The highest BCUT2D eigenvalue weighted by Gasteiger charge is 2.27. The summed E-state index contributed by atoms with van der Waals surface area (Å²) in [6.07, 6.45) is 2.07. The number of hydrogen-bond acceptors (Lipinski definition) is 4. The first-order valence-electron chi connectivity index (χ1n) is 9.22. The fourth-order valence-electron chi connectivity index (χ4n) is 2.92. The van der Waals surface area contributed by atoms with Crippen molar-refractivity contribution in [2.24, 2.45) is 0 Å². The van der Waals surface area contributed by atoms with Crippen molar-refractivity contribution in [2.45, 2.75) is 45.1 Å². The fraction of sp³-hybridized carbons (Fsp3) is 0.381. The fourth-order valence-corrected chi connectivity index (χ4v) is 2.92. The van der Waals surface area contributed by atoms with Gasteiger partial charge in [-0.25, -0.2) is 9.50 Å². The lowest BCUT2D eigenvalue weighted by Gasteiger charge is -2.13. The monoisotopic (exact) mass is 364 g/mol. The number of amides is 1. The van der Waals surface area contributed by atoms with Crippen LogP contribution in [0.2, 0.25) is 0 Å². The summed E-state index contributed by atoms with van der Waals surface area (Å²) in [6.45, 7) is 6.30. The highest BCUT2D eigenvalue weighted by atomic mass is 16.5. The third kappa shape index (κ3) is 3.52. The molecule has 1 N–H and O–H groups in total. The standard InChI is InChI=1S/C21H24N4O2/c1-21(2,3)18-12-19-23-16(13-6-5-7-15(10-13)27-4)11-17(25(19)24-18)20(26)22-14-8-9-14/h5-7,10-12,14H,8-9H2,1-4H3,(H,22,26). The van der Waals surface area contributed by atoms with Gasteiger partial charge in [-0.1, -0.05) is 32.9 Å². The van der Waals surface area contributed by atoms with Gasteiger partial charge in [0, 0.05) is 23.1 Å². The van der Waals surface area contributed by atoms with Crippen LogP contribution in [0.3, 0.4) is 0 Å². The Morgan fingerprint density at radius 2 is 2.00 bits per heavy atom. The second-order valence-corrected chi connectivity index (χ2v) is 8.06. The molecule has 0 spiro atoms. The van der Waals surface area contributed by atoms with E-state index in [1.807, 2.05) is 30.3 Å². The van der Waals surface area contributed by atoms with Crippen molar-refractivity contribution in [3.8, 4) is 17.0 Å². The summed E-state index contributed by atoms with van der Waals surface area (Å²) in [7, 11) is 1.64. The number of ether oxygens (including phenoxy) is 1. The molecule has 0 radical (unpaired) electrons. The molecule has 1 fully saturated rings. The zero-order valence-electron chi connectivity index (χ0n) is 16.1. The Balaban J connectivity index is 1.88. The highest BCUT2D eigenvalue weighted by Crippen LogP contribution is 2.27. The van der Waals surface area contributed by atoms with E-state index in [4.69, 9.17) is 9.72 Å². The van der Waals surface area contributed by atoms with Gasteiger partial charge in [0.05, 0.1) is 18.5 Å². The summed E-state index contributed by atoms with van der Waals surface area (Å²) in [6, 6.07) is 11.7. The van der Waals surface area contributed by atoms with Crippen molar-refractivity contribution in [1.82, 2.24) is 19.9 Å². The molecule has 1 aliphatic carbocycles. The predicted molar refractivity (Wildman–Crippen MR) is 104 cm³/mol. The minimum atomic E-state index is -0.131. The van der Waals surface area contributed by atoms with Gasteiger partial charge in [-0.15, -0.1) is 0 Å². The molecule has 1 aliphatic rings. The Kier molecular flexibility index (Phi) is 4.13. The van der Waals surface area contributed by atoms with Gasteiger partial charge in [0.1, 0.15) is 11.4 Å². The lowest BCUT2D eigenvalue weighted by molar-refractivity contribution is 0.0943. The number of hydrogen-bond donors (Lipinski definition) is 1. The largest absolute Gasteiger partial charge is 0.497 e. The van der Waals surface area contributed by atoms with E-state index in [1.165, 1.54) is 0 Å². The zero-order valence-corrected chi connectivity index (χ0v) is 16.1. The van der Waals surface area contributed by atoms with E-state index in [0.717, 1.165) is 35.5 Å². The van der Waals surface area contributed by atoms with Gasteiger partial charge in [-0.3, -0.25) is 4.79 Å². The van der Waals surface area contributed by atoms with Crippen molar-refractivity contribution in [3.63, 3.8) is 0 Å². The van der Waals surface area contributed by atoms with Gasteiger partial charge in [-0.05, 0) is 31.0 Å². The summed E-state index contributed by atoms with van der Waals surface area (Å²) < 4.78 is 6.98. The number of carbonyl (C=O) groups is 1. The Morgan fingerprint density at radius 1 is 1.22 bits per heavy atom. The van der Waals surface area contributed by atoms with Crippen molar-refractivity contribution < 1.29 is 9.53 Å². The molecule has 0 saturated heterocycles. The Morgan fingerprint density at radius 3 is 2.67 bits per heavy atom. The van der Waals surface area contributed by atoms with Gasteiger partial charge in [0.25, 0.3) is 5.91 Å². The molecule has 6 nitrogen and oxygen atoms in total. The summed E-state index contributed by atoms with van der Waals surface area (Å²) in [4.78, 5) is 17.6. The van der Waals surface area contributed by atoms with Crippen LogP contribution in [-0.4, -0.2) is 33.7 Å². The lowest BCUT2D eigenvalue weighted by atomic mass is 9.93. The van der Waals surface area contributed by atoms with Crippen LogP contribution in [0.1, 0.15) is 49.8 Å². The quantitative estimate of drug-likeness (QED) is 0.768. The number of aromatic nitrogens is 3. The van der Waals surface area contributed by atoms with E-state index in [-0.39, 0.29) is 17.4 Å². The molecule has 0 unspecified atom stereocenters. The molecule has 3 aromatic rings. The predicted octanol–water partition coefficient (Wildman–Crippen LogP) is 3.59. The van der Waals surface area contributed by atoms with E-state index in [1.54, 1.807) is 17.7 Å². The molecule has 6 heteroatoms. The van der Waals surface area contributed by atoms with Crippen LogP contribution >= 0.6 is 0 Å². The summed E-state index contributed by atoms with van der Waals surface area (Å²) in [5, 5.41) is 7.73. The van der Waals surface area contributed by atoms with E-state index < -0.39 is 0 Å². The Hall–Kier alpha value is -2.89. The second-order valence-electron chi connectivity index (χ2n) is 8.06. The average Bonchev–Trinajstić information content (AvgIpc) is 3.33. The molecule has 27 heavy (non-hydrogen) atoms. The third-order valence-electron chi connectivity index (χ3n) is 4.71. The number of fused-ring (bicyclic) bond motifs is 1. The molecule has 4 rings (SSSR count). The summed E-state index contributed by atoms with van der Waals surface area (Å²) in [5.41, 5.74) is 3.56. The van der Waals surface area contributed by atoms with E-state index >= 15 is 0 Å². The third-order valence-corrected chi connectivity index (χ3v) is 4.71. The van der Waals surface area contributed by atoms with Crippen LogP contribution in [0, 0.1) is 0 Å². The molecule has 1 amide bonds. The molecule has 1 saturated carbocycles. The second kappa shape index (κ2) is 6.37. The zero-order chi connectivity index (χ0) is 19.2. The lowest BCUT2D eigenvalue weighted by Crippen LogP contribution is -2.28. The molecule has 140 valence electrons. The van der Waals surface area contributed by atoms with Crippen LogP contribution in [-0.2, 0) is 5.41 Å². The Labute approximate surface area is 158 Å². The molecule has 0 atom stereocenters. The number of nitrogens with one attached hydrogen (secondary N) is 1. The number of nitrogens with zero attached hydrogens (tertiary/aromatic N) is 3. The first-order valence-corrected chi connectivity index (χ1v) is 9.22. The van der Waals surface area contributed by atoms with E-state index in [0.29, 0.717) is 11.3 Å². The van der Waals surface area contributed by atoms with Crippen molar-refractivity contribution >= 4 is 11.6 Å². The maximum Gasteiger partial charge on any atom is 0.270 e. The van der Waals surface area contributed by atoms with Gasteiger partial charge < -0.3 is 10.1 Å². The topological polar surface area (TPSA) is 68.5 Å². The highest BCUT2D eigenvalue weighted by molar-refractivity contribution is 5.94. The van der Waals surface area contributed by atoms with Crippen LogP contribution in [0.25, 0.3) is 16.9 Å². The number of benzene rings is 1. The Bertz CT molecular complexity index is 1010. The molecular weight excluding hydrogens is 340 g/mol. The summed E-state index contributed by atoms with van der Waals surface area (Å²) >= 11 is 0. The van der Waals surface area contributed by atoms with E-state index in [2.05, 4.69) is 31.2 Å². The molecular formula is C21H24N4O2. The summed E-state index contributed by atoms with van der Waals surface area (Å²) in [5.74, 6) is 0.639. The first-order chi connectivity index (χ1) is 12.8. The number of carbonyl (C=O) groups excluding carboxylic acids is 1. The molecule has 2 heterocycles. The van der Waals surface area contributed by atoms with Crippen LogP contribution in [0.15, 0.2) is 36.4 Å². The SMILES string of the molecule is COc1cccc(-c2cc(C(=O)NC3CC3)n3nc(C(C)(C)C)cc3n2)c1. The van der Waals surface area contributed by atoms with Crippen molar-refractivity contribution in [2.75, 3.05) is 7.11 Å². The number of methoxy groups -OCH3 is 1. The van der Waals surface area contributed by atoms with Gasteiger partial charge in [0.15, 0.2) is 5.65 Å². The average molecular weight is 364 g/mol. The minimum Gasteiger partial charge on any atom is -0.497 e. The first kappa shape index (κ1) is 17.5. The van der Waals surface area contributed by atoms with E-state index in [9.17, 15) is 4.79 Å². The van der Waals surface area contributed by atoms with Crippen LogP contribution in [0.4, 0.5) is 0 Å².